The quantitative estimate of drug-likeness (QED) is 0.535. The van der Waals surface area contributed by atoms with Crippen molar-refractivity contribution in [1.29, 1.82) is 5.41 Å². The van der Waals surface area contributed by atoms with Crippen LogP contribution >= 0.6 is 22.7 Å². The van der Waals surface area contributed by atoms with Crippen molar-refractivity contribution in [2.75, 3.05) is 11.9 Å². The number of carbonyl (C=O) groups is 1. The summed E-state index contributed by atoms with van der Waals surface area (Å²) in [4.78, 5) is 27.6. The van der Waals surface area contributed by atoms with Crippen molar-refractivity contribution in [2.24, 2.45) is 0 Å². The Hall–Kier alpha value is -2.86. The number of nitrogens with zero attached hydrogens (tertiary/aromatic N) is 4. The van der Waals surface area contributed by atoms with E-state index in [0.717, 1.165) is 26.2 Å². The fourth-order valence-corrected chi connectivity index (χ4v) is 5.13. The van der Waals surface area contributed by atoms with E-state index in [-0.39, 0.29) is 24.2 Å². The molecule has 7 nitrogen and oxygen atoms in total. The maximum Gasteiger partial charge on any atom is 0.409 e. The normalized spacial score (nSPS) is 17.0. The third-order valence-electron chi connectivity index (χ3n) is 4.99. The van der Waals surface area contributed by atoms with E-state index in [0.29, 0.717) is 10.9 Å². The number of anilines is 2. The fraction of sp³-hybridized carbons (Fsp3) is 0.350. The van der Waals surface area contributed by atoms with Crippen LogP contribution in [0.4, 0.5) is 24.1 Å². The molecule has 1 fully saturated rings. The highest BCUT2D eigenvalue weighted by Gasteiger charge is 2.47. The summed E-state index contributed by atoms with van der Waals surface area (Å²) >= 11 is 2.95. The second kappa shape index (κ2) is 8.58. The summed E-state index contributed by atoms with van der Waals surface area (Å²) in [6.07, 6.45) is -3.69. The first-order valence-electron chi connectivity index (χ1n) is 9.69. The Morgan fingerprint density at radius 2 is 2.06 bits per heavy atom. The van der Waals surface area contributed by atoms with Gasteiger partial charge in [0.15, 0.2) is 5.13 Å². The SMILES string of the molecule is Cc1nc(C)c(-c2csc(Nc3ccc(C(=O)N4CCC(=N)CC4C(F)(F)F)cn3)n2)s1. The number of hydrogen-bond donors (Lipinski definition) is 2. The summed E-state index contributed by atoms with van der Waals surface area (Å²) < 4.78 is 40.1. The van der Waals surface area contributed by atoms with E-state index in [1.165, 1.54) is 29.7 Å². The number of thiazole rings is 2. The molecule has 12 heteroatoms. The summed E-state index contributed by atoms with van der Waals surface area (Å²) in [5.41, 5.74) is 1.78. The van der Waals surface area contributed by atoms with Crippen LogP contribution in [0.5, 0.6) is 0 Å². The lowest BCUT2D eigenvalue weighted by atomic mass is 9.99. The maximum atomic E-state index is 13.4. The number of hydrogen-bond acceptors (Lipinski definition) is 8. The summed E-state index contributed by atoms with van der Waals surface area (Å²) in [7, 11) is 0. The number of amides is 1. The predicted molar refractivity (Wildman–Crippen MR) is 118 cm³/mol. The number of pyridine rings is 1. The van der Waals surface area contributed by atoms with Gasteiger partial charge in [-0.15, -0.1) is 22.7 Å². The molecule has 32 heavy (non-hydrogen) atoms. The van der Waals surface area contributed by atoms with Crippen LogP contribution in [0.2, 0.25) is 0 Å². The van der Waals surface area contributed by atoms with Gasteiger partial charge in [-0.2, -0.15) is 13.2 Å². The molecule has 1 amide bonds. The lowest BCUT2D eigenvalue weighted by Gasteiger charge is -2.37. The Morgan fingerprint density at radius 3 is 2.69 bits per heavy atom. The fourth-order valence-electron chi connectivity index (χ4n) is 3.47. The molecule has 168 valence electrons. The van der Waals surface area contributed by atoms with Gasteiger partial charge < -0.3 is 15.6 Å². The number of likely N-dealkylation sites (tertiary alicyclic amines) is 1. The number of rotatable bonds is 4. The molecule has 3 aromatic rings. The summed E-state index contributed by atoms with van der Waals surface area (Å²) in [6, 6.07) is 0.989. The van der Waals surface area contributed by atoms with Gasteiger partial charge in [-0.1, -0.05) is 0 Å². The highest BCUT2D eigenvalue weighted by atomic mass is 32.1. The van der Waals surface area contributed by atoms with Crippen LogP contribution in [0, 0.1) is 19.3 Å². The van der Waals surface area contributed by atoms with E-state index in [9.17, 15) is 18.0 Å². The molecule has 0 bridgehead atoms. The summed E-state index contributed by atoms with van der Waals surface area (Å²) in [5.74, 6) is -0.320. The topological polar surface area (TPSA) is 94.9 Å². The highest BCUT2D eigenvalue weighted by molar-refractivity contribution is 7.16. The van der Waals surface area contributed by atoms with Crippen molar-refractivity contribution in [3.05, 3.63) is 40.0 Å². The highest BCUT2D eigenvalue weighted by Crippen LogP contribution is 2.34. The van der Waals surface area contributed by atoms with Gasteiger partial charge in [-0.05, 0) is 26.0 Å². The van der Waals surface area contributed by atoms with Crippen LogP contribution in [0.3, 0.4) is 0 Å². The maximum absolute atomic E-state index is 13.4. The Balaban J connectivity index is 1.47. The van der Waals surface area contributed by atoms with Crippen LogP contribution in [-0.4, -0.2) is 50.2 Å². The molecule has 0 radical (unpaired) electrons. The molecule has 1 aliphatic rings. The number of piperidine rings is 1. The van der Waals surface area contributed by atoms with Gasteiger partial charge in [0.2, 0.25) is 0 Å². The molecule has 3 aromatic heterocycles. The molecular weight excluding hydrogens is 461 g/mol. The minimum Gasteiger partial charge on any atom is -0.326 e. The first-order chi connectivity index (χ1) is 15.1. The van der Waals surface area contributed by atoms with E-state index >= 15 is 0 Å². The Kier molecular flexibility index (Phi) is 5.99. The van der Waals surface area contributed by atoms with E-state index < -0.39 is 24.5 Å². The van der Waals surface area contributed by atoms with Crippen LogP contribution in [-0.2, 0) is 0 Å². The first kappa shape index (κ1) is 22.3. The Morgan fingerprint density at radius 1 is 1.28 bits per heavy atom. The van der Waals surface area contributed by atoms with Gasteiger partial charge in [0.25, 0.3) is 5.91 Å². The zero-order chi connectivity index (χ0) is 23.0. The first-order valence-corrected chi connectivity index (χ1v) is 11.4. The molecule has 0 saturated carbocycles. The molecule has 0 aromatic carbocycles. The van der Waals surface area contributed by atoms with Gasteiger partial charge in [-0.3, -0.25) is 4.79 Å². The average molecular weight is 481 g/mol. The smallest absolute Gasteiger partial charge is 0.326 e. The van der Waals surface area contributed by atoms with Gasteiger partial charge in [0.1, 0.15) is 11.9 Å². The molecule has 0 spiro atoms. The number of carbonyl (C=O) groups excluding carboxylic acids is 1. The average Bonchev–Trinajstić information content (AvgIpc) is 3.32. The molecule has 4 rings (SSSR count). The van der Waals surface area contributed by atoms with Crippen LogP contribution in [0.1, 0.15) is 33.9 Å². The van der Waals surface area contributed by atoms with Gasteiger partial charge in [-0.25, -0.2) is 15.0 Å². The number of aryl methyl sites for hydroxylation is 2. The Labute approximate surface area is 189 Å². The second-order valence-corrected chi connectivity index (χ2v) is 9.42. The van der Waals surface area contributed by atoms with Crippen molar-refractivity contribution in [3.63, 3.8) is 0 Å². The van der Waals surface area contributed by atoms with E-state index in [1.807, 2.05) is 19.2 Å². The second-order valence-electron chi connectivity index (χ2n) is 7.36. The minimum atomic E-state index is -4.59. The van der Waals surface area contributed by atoms with Crippen molar-refractivity contribution in [1.82, 2.24) is 19.9 Å². The van der Waals surface area contributed by atoms with Gasteiger partial charge in [0.05, 0.1) is 26.8 Å². The minimum absolute atomic E-state index is 0.000508. The monoisotopic (exact) mass is 480 g/mol. The standard InChI is InChI=1S/C20H19F3N6OS2/c1-10-17(32-11(2)26-10)14-9-31-19(27-14)28-16-4-3-12(8-25-16)18(30)29-6-5-13(24)7-15(29)20(21,22)23/h3-4,8-9,15,24H,5-7H2,1-2H3,(H,25,27,28). The van der Waals surface area contributed by atoms with Crippen LogP contribution < -0.4 is 5.32 Å². The van der Waals surface area contributed by atoms with Crippen molar-refractivity contribution in [2.45, 2.75) is 38.9 Å². The predicted octanol–water partition coefficient (Wildman–Crippen LogP) is 5.21. The van der Waals surface area contributed by atoms with Crippen LogP contribution in [0.25, 0.3) is 10.6 Å². The summed E-state index contributed by atoms with van der Waals surface area (Å²) in [5, 5.41) is 14.1. The number of aromatic nitrogens is 3. The Bertz CT molecular complexity index is 1160. The van der Waals surface area contributed by atoms with Crippen molar-refractivity contribution < 1.29 is 18.0 Å². The molecule has 2 N–H and O–H groups in total. The number of halogens is 3. The van der Waals surface area contributed by atoms with Crippen molar-refractivity contribution >= 4 is 45.2 Å². The van der Waals surface area contributed by atoms with Gasteiger partial charge >= 0.3 is 6.18 Å². The number of nitrogens with one attached hydrogen (secondary N) is 2. The molecule has 1 unspecified atom stereocenters. The molecule has 0 aliphatic carbocycles. The zero-order valence-corrected chi connectivity index (χ0v) is 18.8. The third-order valence-corrected chi connectivity index (χ3v) is 6.85. The lowest BCUT2D eigenvalue weighted by Crippen LogP contribution is -2.53. The third kappa shape index (κ3) is 4.65. The molecular formula is C20H19F3N6OS2. The molecule has 1 saturated heterocycles. The largest absolute Gasteiger partial charge is 0.409 e. The molecule has 1 aliphatic heterocycles. The molecule has 4 heterocycles. The van der Waals surface area contributed by atoms with E-state index in [2.05, 4.69) is 20.3 Å². The number of alkyl halides is 3. The summed E-state index contributed by atoms with van der Waals surface area (Å²) in [6.45, 7) is 3.72. The lowest BCUT2D eigenvalue weighted by molar-refractivity contribution is -0.176. The van der Waals surface area contributed by atoms with Crippen LogP contribution in [0.15, 0.2) is 23.7 Å². The van der Waals surface area contributed by atoms with Gasteiger partial charge in [0, 0.05) is 36.7 Å². The van der Waals surface area contributed by atoms with E-state index in [1.54, 1.807) is 11.3 Å². The zero-order valence-electron chi connectivity index (χ0n) is 17.2. The molecule has 1 atom stereocenters. The van der Waals surface area contributed by atoms with Crippen molar-refractivity contribution in [3.8, 4) is 10.6 Å². The van der Waals surface area contributed by atoms with E-state index in [4.69, 9.17) is 5.41 Å².